The van der Waals surface area contributed by atoms with Crippen LogP contribution >= 0.6 is 0 Å². The van der Waals surface area contributed by atoms with Crippen molar-refractivity contribution in [1.82, 2.24) is 15.2 Å². The molecule has 2 aromatic rings. The minimum Gasteiger partial charge on any atom is -0.487 e. The second kappa shape index (κ2) is 9.19. The molecule has 0 aliphatic rings. The van der Waals surface area contributed by atoms with Crippen molar-refractivity contribution in [2.45, 2.75) is 19.3 Å². The zero-order chi connectivity index (χ0) is 19.0. The van der Waals surface area contributed by atoms with Crippen molar-refractivity contribution in [3.05, 3.63) is 59.9 Å². The highest BCUT2D eigenvalue weighted by molar-refractivity contribution is 5.78. The fourth-order valence-corrected chi connectivity index (χ4v) is 2.20. The van der Waals surface area contributed by atoms with Gasteiger partial charge < -0.3 is 10.1 Å². The highest BCUT2D eigenvalue weighted by Crippen LogP contribution is 2.15. The molecule has 1 heterocycles. The number of rotatable bonds is 8. The summed E-state index contributed by atoms with van der Waals surface area (Å²) < 4.78 is 41.8. The van der Waals surface area contributed by atoms with Gasteiger partial charge in [-0.25, -0.2) is 0 Å². The Morgan fingerprint density at radius 2 is 1.92 bits per heavy atom. The third kappa shape index (κ3) is 7.52. The molecule has 2 rings (SSSR count). The van der Waals surface area contributed by atoms with Crippen LogP contribution in [0.25, 0.3) is 0 Å². The van der Waals surface area contributed by atoms with E-state index in [2.05, 4.69) is 4.98 Å². The standard InChI is InChI=1S/C18H20F3N3O2/c1-24(11-17(25)23-13-18(19,20)21)10-14-5-7-16(8-6-14)26-12-15-4-2-3-9-22-15/h2-9H,10-13H2,1H3,(H,23,25). The molecule has 1 amide bonds. The Hall–Kier alpha value is -2.61. The lowest BCUT2D eigenvalue weighted by molar-refractivity contribution is -0.138. The van der Waals surface area contributed by atoms with E-state index in [4.69, 9.17) is 4.74 Å². The number of carbonyl (C=O) groups excluding carboxylic acids is 1. The van der Waals surface area contributed by atoms with Crippen LogP contribution in [0.5, 0.6) is 5.75 Å². The number of alkyl halides is 3. The Kier molecular flexibility index (Phi) is 6.97. The molecule has 0 spiro atoms. The number of nitrogens with one attached hydrogen (secondary N) is 1. The molecule has 0 saturated carbocycles. The van der Waals surface area contributed by atoms with E-state index in [9.17, 15) is 18.0 Å². The third-order valence-corrected chi connectivity index (χ3v) is 3.39. The van der Waals surface area contributed by atoms with Gasteiger partial charge in [0, 0.05) is 12.7 Å². The molecule has 140 valence electrons. The minimum atomic E-state index is -4.40. The lowest BCUT2D eigenvalue weighted by Crippen LogP contribution is -2.39. The summed E-state index contributed by atoms with van der Waals surface area (Å²) in [6.07, 6.45) is -2.71. The predicted molar refractivity (Wildman–Crippen MR) is 90.4 cm³/mol. The van der Waals surface area contributed by atoms with Gasteiger partial charge in [-0.2, -0.15) is 13.2 Å². The number of halogens is 3. The van der Waals surface area contributed by atoms with Crippen LogP contribution in [0.15, 0.2) is 48.7 Å². The van der Waals surface area contributed by atoms with E-state index in [1.807, 2.05) is 35.6 Å². The molecule has 26 heavy (non-hydrogen) atoms. The highest BCUT2D eigenvalue weighted by Gasteiger charge is 2.27. The van der Waals surface area contributed by atoms with Gasteiger partial charge in [0.25, 0.3) is 0 Å². The van der Waals surface area contributed by atoms with Gasteiger partial charge >= 0.3 is 6.18 Å². The second-order valence-electron chi connectivity index (χ2n) is 5.82. The van der Waals surface area contributed by atoms with Crippen LogP contribution in [0, 0.1) is 0 Å². The van der Waals surface area contributed by atoms with Gasteiger partial charge in [-0.1, -0.05) is 18.2 Å². The maximum Gasteiger partial charge on any atom is 0.405 e. The average Bonchev–Trinajstić information content (AvgIpc) is 2.60. The van der Waals surface area contributed by atoms with Crippen LogP contribution in [-0.4, -0.2) is 42.1 Å². The molecule has 0 fully saturated rings. The first kappa shape index (κ1) is 19.7. The number of aromatic nitrogens is 1. The number of ether oxygens (including phenoxy) is 1. The van der Waals surface area contributed by atoms with Crippen molar-refractivity contribution in [2.24, 2.45) is 0 Å². The summed E-state index contributed by atoms with van der Waals surface area (Å²) in [5.74, 6) is 0.0186. The largest absolute Gasteiger partial charge is 0.487 e. The van der Waals surface area contributed by atoms with Gasteiger partial charge in [-0.05, 0) is 36.9 Å². The van der Waals surface area contributed by atoms with Crippen LogP contribution < -0.4 is 10.1 Å². The fraction of sp³-hybridized carbons (Fsp3) is 0.333. The number of hydrogen-bond donors (Lipinski definition) is 1. The van der Waals surface area contributed by atoms with E-state index < -0.39 is 18.6 Å². The van der Waals surface area contributed by atoms with Gasteiger partial charge in [-0.3, -0.25) is 14.7 Å². The van der Waals surface area contributed by atoms with E-state index in [0.717, 1.165) is 11.3 Å². The highest BCUT2D eigenvalue weighted by atomic mass is 19.4. The molecule has 1 aromatic carbocycles. The van der Waals surface area contributed by atoms with Gasteiger partial charge in [0.15, 0.2) is 0 Å². The first-order valence-electron chi connectivity index (χ1n) is 7.95. The lowest BCUT2D eigenvalue weighted by Gasteiger charge is -2.17. The summed E-state index contributed by atoms with van der Waals surface area (Å²) in [4.78, 5) is 17.3. The van der Waals surface area contributed by atoms with Crippen LogP contribution in [0.3, 0.4) is 0 Å². The average molecular weight is 367 g/mol. The number of hydrogen-bond acceptors (Lipinski definition) is 4. The zero-order valence-electron chi connectivity index (χ0n) is 14.3. The first-order valence-corrected chi connectivity index (χ1v) is 7.95. The molecule has 5 nitrogen and oxygen atoms in total. The Labute approximate surface area is 149 Å². The molecule has 0 unspecified atom stereocenters. The molecule has 0 radical (unpaired) electrons. The van der Waals surface area contributed by atoms with E-state index in [0.29, 0.717) is 18.9 Å². The molecule has 1 aromatic heterocycles. The molecular formula is C18H20F3N3O2. The van der Waals surface area contributed by atoms with Crippen molar-refractivity contribution < 1.29 is 22.7 Å². The Morgan fingerprint density at radius 1 is 1.19 bits per heavy atom. The smallest absolute Gasteiger partial charge is 0.405 e. The Bertz CT molecular complexity index is 691. The van der Waals surface area contributed by atoms with Crippen molar-refractivity contribution in [3.63, 3.8) is 0 Å². The summed E-state index contributed by atoms with van der Waals surface area (Å²) >= 11 is 0. The van der Waals surface area contributed by atoms with Crippen LogP contribution in [-0.2, 0) is 17.9 Å². The van der Waals surface area contributed by atoms with Crippen molar-refractivity contribution >= 4 is 5.91 Å². The number of likely N-dealkylation sites (N-methyl/N-ethyl adjacent to an activating group) is 1. The monoisotopic (exact) mass is 367 g/mol. The molecular weight excluding hydrogens is 347 g/mol. The maximum atomic E-state index is 12.1. The zero-order valence-corrected chi connectivity index (χ0v) is 14.3. The van der Waals surface area contributed by atoms with E-state index in [1.165, 1.54) is 0 Å². The van der Waals surface area contributed by atoms with E-state index in [1.54, 1.807) is 30.3 Å². The normalized spacial score (nSPS) is 11.4. The van der Waals surface area contributed by atoms with Gasteiger partial charge in [0.05, 0.1) is 12.2 Å². The second-order valence-corrected chi connectivity index (χ2v) is 5.82. The topological polar surface area (TPSA) is 54.5 Å². The van der Waals surface area contributed by atoms with Gasteiger partial charge in [-0.15, -0.1) is 0 Å². The van der Waals surface area contributed by atoms with Crippen LogP contribution in [0.1, 0.15) is 11.3 Å². The number of nitrogens with zero attached hydrogens (tertiary/aromatic N) is 2. The summed E-state index contributed by atoms with van der Waals surface area (Å²) in [7, 11) is 1.67. The number of pyridine rings is 1. The summed E-state index contributed by atoms with van der Waals surface area (Å²) in [5.41, 5.74) is 1.74. The van der Waals surface area contributed by atoms with Crippen LogP contribution in [0.2, 0.25) is 0 Å². The summed E-state index contributed by atoms with van der Waals surface area (Å²) in [6.45, 7) is -0.643. The lowest BCUT2D eigenvalue weighted by atomic mass is 10.2. The molecule has 0 aliphatic carbocycles. The summed E-state index contributed by atoms with van der Waals surface area (Å²) in [5, 5.41) is 1.85. The molecule has 0 saturated heterocycles. The van der Waals surface area contributed by atoms with Gasteiger partial charge in [0.1, 0.15) is 18.9 Å². The first-order chi connectivity index (χ1) is 12.3. The number of amides is 1. The molecule has 1 N–H and O–H groups in total. The quantitative estimate of drug-likeness (QED) is 0.780. The maximum absolute atomic E-state index is 12.1. The number of carbonyl (C=O) groups is 1. The van der Waals surface area contributed by atoms with Crippen molar-refractivity contribution in [2.75, 3.05) is 20.1 Å². The minimum absolute atomic E-state index is 0.117. The fourth-order valence-electron chi connectivity index (χ4n) is 2.20. The molecule has 0 atom stereocenters. The van der Waals surface area contributed by atoms with E-state index >= 15 is 0 Å². The molecule has 8 heteroatoms. The molecule has 0 bridgehead atoms. The van der Waals surface area contributed by atoms with Crippen molar-refractivity contribution in [3.8, 4) is 5.75 Å². The van der Waals surface area contributed by atoms with Crippen molar-refractivity contribution in [1.29, 1.82) is 0 Å². The van der Waals surface area contributed by atoms with Crippen LogP contribution in [0.4, 0.5) is 13.2 Å². The SMILES string of the molecule is CN(CC(=O)NCC(F)(F)F)Cc1ccc(OCc2ccccn2)cc1. The van der Waals surface area contributed by atoms with E-state index in [-0.39, 0.29) is 6.54 Å². The Balaban J connectivity index is 1.76. The third-order valence-electron chi connectivity index (χ3n) is 3.39. The number of benzene rings is 1. The summed E-state index contributed by atoms with van der Waals surface area (Å²) in [6, 6.07) is 12.9. The van der Waals surface area contributed by atoms with Gasteiger partial charge in [0.2, 0.25) is 5.91 Å². The molecule has 0 aliphatic heterocycles. The Morgan fingerprint density at radius 3 is 2.54 bits per heavy atom. The predicted octanol–water partition coefficient (Wildman–Crippen LogP) is 2.77.